The van der Waals surface area contributed by atoms with Crippen LogP contribution in [0.2, 0.25) is 0 Å². The van der Waals surface area contributed by atoms with Crippen molar-refractivity contribution < 1.29 is 4.79 Å². The molecule has 1 aliphatic heterocycles. The molecule has 3 aromatic rings. The van der Waals surface area contributed by atoms with E-state index in [0.717, 1.165) is 47.2 Å². The monoisotopic (exact) mass is 381 g/mol. The fourth-order valence-electron chi connectivity index (χ4n) is 4.07. The van der Waals surface area contributed by atoms with Crippen LogP contribution in [0.4, 0.5) is 5.69 Å². The highest BCUT2D eigenvalue weighted by Crippen LogP contribution is 2.43. The van der Waals surface area contributed by atoms with Gasteiger partial charge in [0.25, 0.3) is 5.91 Å². The predicted molar refractivity (Wildman–Crippen MR) is 122 cm³/mol. The van der Waals surface area contributed by atoms with Crippen LogP contribution in [0.5, 0.6) is 0 Å². The summed E-state index contributed by atoms with van der Waals surface area (Å²) in [6.45, 7) is 4.88. The van der Waals surface area contributed by atoms with Crippen molar-refractivity contribution in [2.75, 3.05) is 4.90 Å². The molecule has 3 aromatic carbocycles. The first-order valence-electron chi connectivity index (χ1n) is 10.4. The van der Waals surface area contributed by atoms with Gasteiger partial charge in [-0.25, -0.2) is 0 Å². The molecular weight excluding hydrogens is 354 g/mol. The zero-order valence-electron chi connectivity index (χ0n) is 17.2. The van der Waals surface area contributed by atoms with Gasteiger partial charge in [0, 0.05) is 5.56 Å². The zero-order chi connectivity index (χ0) is 20.2. The number of carbonyl (C=O) groups excluding carboxylic acids is 1. The molecule has 0 spiro atoms. The van der Waals surface area contributed by atoms with E-state index in [4.69, 9.17) is 0 Å². The average molecular weight is 382 g/mol. The molecule has 0 bridgehead atoms. The van der Waals surface area contributed by atoms with E-state index in [2.05, 4.69) is 68.4 Å². The van der Waals surface area contributed by atoms with Crippen molar-refractivity contribution in [1.29, 1.82) is 0 Å². The Labute approximate surface area is 173 Å². The zero-order valence-corrected chi connectivity index (χ0v) is 17.2. The maximum atomic E-state index is 13.7. The molecule has 4 rings (SSSR count). The Hall–Kier alpha value is -3.13. The SMILES string of the molecule is CCCC/C(=C1\C(=O)N(Cc2ccccc2)c2ccc(C)cc21)c1ccccc1. The minimum Gasteiger partial charge on any atom is -0.303 e. The lowest BCUT2D eigenvalue weighted by atomic mass is 9.91. The minimum absolute atomic E-state index is 0.115. The second kappa shape index (κ2) is 8.48. The van der Waals surface area contributed by atoms with Crippen molar-refractivity contribution in [3.8, 4) is 0 Å². The third-order valence-electron chi connectivity index (χ3n) is 5.56. The summed E-state index contributed by atoms with van der Waals surface area (Å²) in [6, 6.07) is 27.0. The molecule has 0 unspecified atom stereocenters. The van der Waals surface area contributed by atoms with Crippen LogP contribution >= 0.6 is 0 Å². The molecule has 0 saturated carbocycles. The summed E-state index contributed by atoms with van der Waals surface area (Å²) in [6.07, 6.45) is 3.08. The number of rotatable bonds is 6. The van der Waals surface area contributed by atoms with E-state index >= 15 is 0 Å². The smallest absolute Gasteiger partial charge is 0.259 e. The first-order chi connectivity index (χ1) is 14.2. The minimum atomic E-state index is 0.115. The third kappa shape index (κ3) is 3.88. The Bertz CT molecular complexity index is 1030. The van der Waals surface area contributed by atoms with E-state index in [-0.39, 0.29) is 5.91 Å². The average Bonchev–Trinajstić information content (AvgIpc) is 3.01. The third-order valence-corrected chi connectivity index (χ3v) is 5.56. The lowest BCUT2D eigenvalue weighted by Gasteiger charge is -2.18. The second-order valence-electron chi connectivity index (χ2n) is 7.72. The Morgan fingerprint density at radius 2 is 1.59 bits per heavy atom. The molecular formula is C27H27NO. The fourth-order valence-corrected chi connectivity index (χ4v) is 4.07. The van der Waals surface area contributed by atoms with Crippen LogP contribution in [-0.2, 0) is 11.3 Å². The van der Waals surface area contributed by atoms with Gasteiger partial charge in [-0.05, 0) is 48.6 Å². The Morgan fingerprint density at radius 1 is 0.897 bits per heavy atom. The lowest BCUT2D eigenvalue weighted by Crippen LogP contribution is -2.26. The molecule has 0 atom stereocenters. The van der Waals surface area contributed by atoms with Gasteiger partial charge in [-0.2, -0.15) is 0 Å². The number of anilines is 1. The highest BCUT2D eigenvalue weighted by molar-refractivity contribution is 6.37. The molecule has 0 aromatic heterocycles. The van der Waals surface area contributed by atoms with Crippen molar-refractivity contribution in [3.05, 3.63) is 101 Å². The van der Waals surface area contributed by atoms with Crippen molar-refractivity contribution in [3.63, 3.8) is 0 Å². The van der Waals surface area contributed by atoms with E-state index in [0.29, 0.717) is 6.54 Å². The summed E-state index contributed by atoms with van der Waals surface area (Å²) >= 11 is 0. The van der Waals surface area contributed by atoms with Gasteiger partial charge in [-0.1, -0.05) is 85.6 Å². The molecule has 29 heavy (non-hydrogen) atoms. The molecule has 0 saturated heterocycles. The maximum absolute atomic E-state index is 13.7. The first-order valence-corrected chi connectivity index (χ1v) is 10.4. The highest BCUT2D eigenvalue weighted by atomic mass is 16.2. The topological polar surface area (TPSA) is 20.3 Å². The number of amides is 1. The summed E-state index contributed by atoms with van der Waals surface area (Å²) in [4.78, 5) is 15.7. The van der Waals surface area contributed by atoms with Gasteiger partial charge in [-0.3, -0.25) is 4.79 Å². The molecule has 0 N–H and O–H groups in total. The van der Waals surface area contributed by atoms with E-state index in [1.165, 1.54) is 11.1 Å². The van der Waals surface area contributed by atoms with Crippen LogP contribution in [0, 0.1) is 6.92 Å². The van der Waals surface area contributed by atoms with Gasteiger partial charge in [0.2, 0.25) is 0 Å². The number of fused-ring (bicyclic) bond motifs is 1. The molecule has 146 valence electrons. The van der Waals surface area contributed by atoms with E-state index in [9.17, 15) is 4.79 Å². The standard InChI is InChI=1S/C27H27NO/c1-3-4-15-23(22-13-9-6-10-14-22)26-24-18-20(2)16-17-25(24)28(27(26)29)19-21-11-7-5-8-12-21/h5-14,16-18H,3-4,15,19H2,1-2H3/b26-23+. The summed E-state index contributed by atoms with van der Waals surface area (Å²) in [5.41, 5.74) is 7.60. The van der Waals surface area contributed by atoms with Crippen molar-refractivity contribution in [2.45, 2.75) is 39.7 Å². The highest BCUT2D eigenvalue weighted by Gasteiger charge is 2.34. The van der Waals surface area contributed by atoms with E-state index in [1.807, 2.05) is 29.2 Å². The molecule has 2 nitrogen and oxygen atoms in total. The van der Waals surface area contributed by atoms with Gasteiger partial charge < -0.3 is 4.90 Å². The number of hydrogen-bond acceptors (Lipinski definition) is 1. The van der Waals surface area contributed by atoms with Gasteiger partial charge in [-0.15, -0.1) is 0 Å². The molecule has 0 radical (unpaired) electrons. The number of hydrogen-bond donors (Lipinski definition) is 0. The lowest BCUT2D eigenvalue weighted by molar-refractivity contribution is -0.113. The van der Waals surface area contributed by atoms with Crippen LogP contribution in [0.1, 0.15) is 48.4 Å². The van der Waals surface area contributed by atoms with Crippen molar-refractivity contribution in [2.24, 2.45) is 0 Å². The number of unbranched alkanes of at least 4 members (excludes halogenated alkanes) is 1. The van der Waals surface area contributed by atoms with E-state index in [1.54, 1.807) is 0 Å². The number of aryl methyl sites for hydroxylation is 1. The fraction of sp³-hybridized carbons (Fsp3) is 0.222. The molecule has 0 fully saturated rings. The van der Waals surface area contributed by atoms with Crippen LogP contribution in [0.15, 0.2) is 78.9 Å². The largest absolute Gasteiger partial charge is 0.303 e. The van der Waals surface area contributed by atoms with Gasteiger partial charge in [0.05, 0.1) is 17.8 Å². The van der Waals surface area contributed by atoms with Crippen molar-refractivity contribution in [1.82, 2.24) is 0 Å². The van der Waals surface area contributed by atoms with Gasteiger partial charge in [0.15, 0.2) is 0 Å². The molecule has 1 heterocycles. The van der Waals surface area contributed by atoms with Crippen LogP contribution in [-0.4, -0.2) is 5.91 Å². The Balaban J connectivity index is 1.87. The number of carbonyl (C=O) groups is 1. The molecule has 0 aliphatic carbocycles. The van der Waals surface area contributed by atoms with Gasteiger partial charge >= 0.3 is 0 Å². The summed E-state index contributed by atoms with van der Waals surface area (Å²) < 4.78 is 0. The van der Waals surface area contributed by atoms with Crippen LogP contribution < -0.4 is 4.90 Å². The molecule has 1 amide bonds. The Morgan fingerprint density at radius 3 is 2.28 bits per heavy atom. The number of benzene rings is 3. The van der Waals surface area contributed by atoms with Crippen LogP contribution in [0.25, 0.3) is 11.1 Å². The first kappa shape index (κ1) is 19.2. The number of nitrogens with zero attached hydrogens (tertiary/aromatic N) is 1. The summed E-state index contributed by atoms with van der Waals surface area (Å²) in [5.74, 6) is 0.115. The predicted octanol–water partition coefficient (Wildman–Crippen LogP) is 6.64. The normalized spacial score (nSPS) is 14.8. The number of allylic oxidation sites excluding steroid dienone is 1. The second-order valence-corrected chi connectivity index (χ2v) is 7.72. The van der Waals surface area contributed by atoms with Crippen LogP contribution in [0.3, 0.4) is 0 Å². The van der Waals surface area contributed by atoms with E-state index < -0.39 is 0 Å². The maximum Gasteiger partial charge on any atom is 0.259 e. The summed E-state index contributed by atoms with van der Waals surface area (Å²) in [7, 11) is 0. The van der Waals surface area contributed by atoms with Crippen molar-refractivity contribution >= 4 is 22.7 Å². The van der Waals surface area contributed by atoms with Gasteiger partial charge in [0.1, 0.15) is 0 Å². The molecule has 1 aliphatic rings. The molecule has 2 heteroatoms. The quantitative estimate of drug-likeness (QED) is 0.438. The Kier molecular flexibility index (Phi) is 5.62. The summed E-state index contributed by atoms with van der Waals surface area (Å²) in [5, 5.41) is 0.